The molecule has 3 aromatic rings. The molecule has 4 heterocycles. The predicted molar refractivity (Wildman–Crippen MR) is 101 cm³/mol. The van der Waals surface area contributed by atoms with Gasteiger partial charge in [0, 0.05) is 49.9 Å². The molecule has 1 aromatic carbocycles. The molecule has 2 aromatic heterocycles. The first kappa shape index (κ1) is 16.4. The summed E-state index contributed by atoms with van der Waals surface area (Å²) < 4.78 is 4.01. The van der Waals surface area contributed by atoms with Crippen molar-refractivity contribution >= 4 is 16.9 Å². The standard InChI is InChI=1S/C20H23N5O2/c26-19(14-5-8-24-13-21-12-16(24)11-14)23-9-6-15(7-10-23)25-18-4-2-1-3-17(18)22-20(25)27/h1-4,12-15H,5-11H2,(H,22,27). The molecule has 140 valence electrons. The zero-order valence-electron chi connectivity index (χ0n) is 15.2. The van der Waals surface area contributed by atoms with Crippen molar-refractivity contribution in [2.75, 3.05) is 13.1 Å². The van der Waals surface area contributed by atoms with Crippen molar-refractivity contribution < 1.29 is 4.79 Å². The van der Waals surface area contributed by atoms with Crippen LogP contribution < -0.4 is 5.69 Å². The normalized spacial score (nSPS) is 20.7. The van der Waals surface area contributed by atoms with E-state index in [1.165, 1.54) is 0 Å². The monoisotopic (exact) mass is 365 g/mol. The number of nitrogens with one attached hydrogen (secondary N) is 1. The van der Waals surface area contributed by atoms with Gasteiger partial charge in [-0.05, 0) is 31.4 Å². The molecule has 1 atom stereocenters. The average Bonchev–Trinajstić information content (AvgIpc) is 3.30. The summed E-state index contributed by atoms with van der Waals surface area (Å²) in [7, 11) is 0. The van der Waals surface area contributed by atoms with E-state index in [0.717, 1.165) is 49.0 Å². The first-order valence-corrected chi connectivity index (χ1v) is 9.68. The smallest absolute Gasteiger partial charge is 0.326 e. The number of aryl methyl sites for hydroxylation is 1. The van der Waals surface area contributed by atoms with Crippen LogP contribution in [0, 0.1) is 5.92 Å². The molecule has 0 aliphatic carbocycles. The molecule has 1 amide bonds. The minimum atomic E-state index is -0.0541. The Morgan fingerprint density at radius 1 is 1.11 bits per heavy atom. The van der Waals surface area contributed by atoms with Gasteiger partial charge in [-0.3, -0.25) is 9.36 Å². The Morgan fingerprint density at radius 3 is 2.78 bits per heavy atom. The fraction of sp³-hybridized carbons (Fsp3) is 0.450. The van der Waals surface area contributed by atoms with E-state index in [4.69, 9.17) is 0 Å². The average molecular weight is 365 g/mol. The number of piperidine rings is 1. The summed E-state index contributed by atoms with van der Waals surface area (Å²) in [6, 6.07) is 7.94. The molecule has 0 radical (unpaired) electrons. The first-order chi connectivity index (χ1) is 13.2. The third-order valence-corrected chi connectivity index (χ3v) is 6.09. The van der Waals surface area contributed by atoms with E-state index in [-0.39, 0.29) is 23.6 Å². The number of carbonyl (C=O) groups is 1. The second-order valence-electron chi connectivity index (χ2n) is 7.64. The van der Waals surface area contributed by atoms with E-state index >= 15 is 0 Å². The summed E-state index contributed by atoms with van der Waals surface area (Å²) in [5, 5.41) is 0. The van der Waals surface area contributed by atoms with Crippen LogP contribution >= 0.6 is 0 Å². The number of fused-ring (bicyclic) bond motifs is 2. The van der Waals surface area contributed by atoms with Crippen LogP contribution in [-0.4, -0.2) is 43.0 Å². The van der Waals surface area contributed by atoms with E-state index in [2.05, 4.69) is 14.5 Å². The minimum absolute atomic E-state index is 0.0541. The third-order valence-electron chi connectivity index (χ3n) is 6.09. The highest BCUT2D eigenvalue weighted by Crippen LogP contribution is 2.28. The van der Waals surface area contributed by atoms with Gasteiger partial charge in [0.25, 0.3) is 0 Å². The predicted octanol–water partition coefficient (Wildman–Crippen LogP) is 1.95. The second kappa shape index (κ2) is 6.40. The van der Waals surface area contributed by atoms with E-state index in [1.807, 2.05) is 46.3 Å². The molecule has 7 nitrogen and oxygen atoms in total. The fourth-order valence-corrected chi connectivity index (χ4v) is 4.62. The number of H-pyrrole nitrogens is 1. The number of imidazole rings is 2. The Bertz CT molecular complexity index is 1040. The lowest BCUT2D eigenvalue weighted by molar-refractivity contribution is -0.137. The van der Waals surface area contributed by atoms with Crippen LogP contribution in [0.2, 0.25) is 0 Å². The molecule has 5 rings (SSSR count). The van der Waals surface area contributed by atoms with Gasteiger partial charge in [0.1, 0.15) is 0 Å². The molecule has 0 bridgehead atoms. The Morgan fingerprint density at radius 2 is 1.93 bits per heavy atom. The maximum Gasteiger partial charge on any atom is 0.326 e. The zero-order valence-corrected chi connectivity index (χ0v) is 15.2. The van der Waals surface area contributed by atoms with Crippen molar-refractivity contribution in [1.29, 1.82) is 0 Å². The van der Waals surface area contributed by atoms with Crippen LogP contribution in [0.1, 0.15) is 31.0 Å². The van der Waals surface area contributed by atoms with Gasteiger partial charge in [-0.15, -0.1) is 0 Å². The van der Waals surface area contributed by atoms with Crippen LogP contribution in [0.25, 0.3) is 11.0 Å². The Hall–Kier alpha value is -2.83. The van der Waals surface area contributed by atoms with Gasteiger partial charge in [-0.25, -0.2) is 9.78 Å². The van der Waals surface area contributed by atoms with Gasteiger partial charge in [0.2, 0.25) is 5.91 Å². The van der Waals surface area contributed by atoms with E-state index < -0.39 is 0 Å². The molecule has 0 spiro atoms. The van der Waals surface area contributed by atoms with Crippen LogP contribution in [0.4, 0.5) is 0 Å². The van der Waals surface area contributed by atoms with Gasteiger partial charge in [-0.1, -0.05) is 12.1 Å². The summed E-state index contributed by atoms with van der Waals surface area (Å²) in [6.45, 7) is 2.29. The molecule has 2 aliphatic heterocycles. The molecule has 7 heteroatoms. The Kier molecular flexibility index (Phi) is 3.88. The summed E-state index contributed by atoms with van der Waals surface area (Å²) in [4.78, 5) is 34.5. The number of hydrogen-bond donors (Lipinski definition) is 1. The highest BCUT2D eigenvalue weighted by atomic mass is 16.2. The lowest BCUT2D eigenvalue weighted by Gasteiger charge is -2.35. The number of carbonyl (C=O) groups excluding carboxylic acids is 1. The molecular weight excluding hydrogens is 342 g/mol. The van der Waals surface area contributed by atoms with Gasteiger partial charge in [0.05, 0.1) is 17.4 Å². The van der Waals surface area contributed by atoms with E-state index in [1.54, 1.807) is 0 Å². The number of benzene rings is 1. The summed E-state index contributed by atoms with van der Waals surface area (Å²) in [5.41, 5.74) is 2.92. The van der Waals surface area contributed by atoms with Crippen molar-refractivity contribution in [3.05, 3.63) is 53.0 Å². The zero-order chi connectivity index (χ0) is 18.4. The van der Waals surface area contributed by atoms with Crippen molar-refractivity contribution in [3.8, 4) is 0 Å². The van der Waals surface area contributed by atoms with E-state index in [9.17, 15) is 9.59 Å². The molecule has 1 saturated heterocycles. The molecule has 1 unspecified atom stereocenters. The maximum atomic E-state index is 13.0. The highest BCUT2D eigenvalue weighted by molar-refractivity contribution is 5.79. The Balaban J connectivity index is 1.28. The number of amides is 1. The third kappa shape index (κ3) is 2.78. The second-order valence-corrected chi connectivity index (χ2v) is 7.64. The molecule has 0 saturated carbocycles. The SMILES string of the molecule is O=C(C1CCn2cncc2C1)N1CCC(n2c(=O)[nH]c3ccccc32)CC1. The highest BCUT2D eigenvalue weighted by Gasteiger charge is 2.32. The topological polar surface area (TPSA) is 75.9 Å². The quantitative estimate of drug-likeness (QED) is 0.754. The number of para-hydroxylation sites is 2. The van der Waals surface area contributed by atoms with Crippen LogP contribution in [0.15, 0.2) is 41.6 Å². The molecule has 1 fully saturated rings. The molecular formula is C20H23N5O2. The number of nitrogens with zero attached hydrogens (tertiary/aromatic N) is 4. The van der Waals surface area contributed by atoms with Gasteiger partial charge in [0.15, 0.2) is 0 Å². The largest absolute Gasteiger partial charge is 0.342 e. The van der Waals surface area contributed by atoms with Crippen molar-refractivity contribution in [2.24, 2.45) is 5.92 Å². The number of aromatic nitrogens is 4. The number of likely N-dealkylation sites (tertiary alicyclic amines) is 1. The van der Waals surface area contributed by atoms with Crippen molar-refractivity contribution in [3.63, 3.8) is 0 Å². The minimum Gasteiger partial charge on any atom is -0.342 e. The molecule has 1 N–H and O–H groups in total. The van der Waals surface area contributed by atoms with Crippen molar-refractivity contribution in [1.82, 2.24) is 24.0 Å². The number of hydrogen-bond acceptors (Lipinski definition) is 3. The van der Waals surface area contributed by atoms with Crippen LogP contribution in [0.5, 0.6) is 0 Å². The fourth-order valence-electron chi connectivity index (χ4n) is 4.62. The lowest BCUT2D eigenvalue weighted by atomic mass is 9.93. The van der Waals surface area contributed by atoms with Crippen molar-refractivity contribution in [2.45, 2.75) is 38.3 Å². The van der Waals surface area contributed by atoms with Gasteiger partial charge in [-0.2, -0.15) is 0 Å². The molecule has 2 aliphatic rings. The number of aromatic amines is 1. The first-order valence-electron chi connectivity index (χ1n) is 9.68. The number of rotatable bonds is 2. The van der Waals surface area contributed by atoms with Crippen LogP contribution in [0.3, 0.4) is 0 Å². The Labute approximate surface area is 156 Å². The lowest BCUT2D eigenvalue weighted by Crippen LogP contribution is -2.44. The molecule has 27 heavy (non-hydrogen) atoms. The summed E-state index contributed by atoms with van der Waals surface area (Å²) in [5.74, 6) is 0.314. The van der Waals surface area contributed by atoms with Gasteiger partial charge >= 0.3 is 5.69 Å². The maximum absolute atomic E-state index is 13.0. The van der Waals surface area contributed by atoms with E-state index in [0.29, 0.717) is 13.1 Å². The van der Waals surface area contributed by atoms with Crippen LogP contribution in [-0.2, 0) is 17.8 Å². The van der Waals surface area contributed by atoms with Gasteiger partial charge < -0.3 is 14.5 Å². The summed E-state index contributed by atoms with van der Waals surface area (Å²) in [6.07, 6.45) is 7.01. The summed E-state index contributed by atoms with van der Waals surface area (Å²) >= 11 is 0.